The molecular formula is C15H13BrF3N. The summed E-state index contributed by atoms with van der Waals surface area (Å²) in [5.41, 5.74) is 7.16. The van der Waals surface area contributed by atoms with Gasteiger partial charge in [-0.25, -0.2) is 0 Å². The molecule has 0 fully saturated rings. The van der Waals surface area contributed by atoms with Crippen LogP contribution in [0.3, 0.4) is 0 Å². The highest BCUT2D eigenvalue weighted by Gasteiger charge is 2.29. The molecule has 1 nitrogen and oxygen atoms in total. The van der Waals surface area contributed by atoms with Crippen LogP contribution in [-0.4, -0.2) is 0 Å². The second-order valence-corrected chi connectivity index (χ2v) is 5.47. The van der Waals surface area contributed by atoms with Crippen LogP contribution in [0.5, 0.6) is 0 Å². The van der Waals surface area contributed by atoms with Gasteiger partial charge in [-0.15, -0.1) is 0 Å². The maximum atomic E-state index is 12.5. The van der Waals surface area contributed by atoms with E-state index in [1.54, 1.807) is 0 Å². The van der Waals surface area contributed by atoms with Gasteiger partial charge >= 0.3 is 6.18 Å². The molecule has 5 heteroatoms. The van der Waals surface area contributed by atoms with Crippen molar-refractivity contribution in [1.82, 2.24) is 0 Å². The first-order chi connectivity index (χ1) is 9.36. The van der Waals surface area contributed by atoms with Crippen molar-refractivity contribution in [1.29, 1.82) is 0 Å². The lowest BCUT2D eigenvalue weighted by atomic mass is 9.99. The molecule has 2 aromatic rings. The summed E-state index contributed by atoms with van der Waals surface area (Å²) < 4.78 is 38.3. The molecule has 1 atom stereocenters. The van der Waals surface area contributed by atoms with Gasteiger partial charge in [-0.2, -0.15) is 13.2 Å². The first-order valence-electron chi connectivity index (χ1n) is 6.03. The molecule has 0 spiro atoms. The molecule has 2 N–H and O–H groups in total. The summed E-state index contributed by atoms with van der Waals surface area (Å²) in [6, 6.07) is 12.5. The van der Waals surface area contributed by atoms with Gasteiger partial charge in [0.2, 0.25) is 0 Å². The first-order valence-corrected chi connectivity index (χ1v) is 6.83. The van der Waals surface area contributed by atoms with Gasteiger partial charge in [-0.1, -0.05) is 40.2 Å². The van der Waals surface area contributed by atoms with Crippen LogP contribution >= 0.6 is 15.9 Å². The molecule has 1 unspecified atom stereocenters. The number of rotatable bonds is 3. The Hall–Kier alpha value is -1.33. The van der Waals surface area contributed by atoms with E-state index in [9.17, 15) is 13.2 Å². The van der Waals surface area contributed by atoms with Gasteiger partial charge < -0.3 is 5.73 Å². The fraction of sp³-hybridized carbons (Fsp3) is 0.200. The zero-order valence-electron chi connectivity index (χ0n) is 10.5. The number of hydrogen-bond donors (Lipinski definition) is 1. The molecule has 2 rings (SSSR count). The van der Waals surface area contributed by atoms with E-state index in [1.807, 2.05) is 24.3 Å². The smallest absolute Gasteiger partial charge is 0.324 e. The molecule has 2 aromatic carbocycles. The molecule has 0 aliphatic rings. The SMILES string of the molecule is NC(Cc1ccc(C(F)(F)F)cc1)c1ccc(Br)cc1. The second kappa shape index (κ2) is 5.97. The lowest BCUT2D eigenvalue weighted by Crippen LogP contribution is -2.13. The Morgan fingerprint density at radius 1 is 0.950 bits per heavy atom. The average Bonchev–Trinajstić information content (AvgIpc) is 2.39. The maximum absolute atomic E-state index is 12.5. The van der Waals surface area contributed by atoms with E-state index in [1.165, 1.54) is 12.1 Å². The van der Waals surface area contributed by atoms with Crippen LogP contribution in [-0.2, 0) is 12.6 Å². The van der Waals surface area contributed by atoms with Crippen molar-refractivity contribution in [2.75, 3.05) is 0 Å². The molecule has 0 saturated carbocycles. The van der Waals surface area contributed by atoms with Gasteiger partial charge in [-0.05, 0) is 41.8 Å². The molecular weight excluding hydrogens is 331 g/mol. The van der Waals surface area contributed by atoms with Crippen LogP contribution in [0.15, 0.2) is 53.0 Å². The minimum Gasteiger partial charge on any atom is -0.324 e. The van der Waals surface area contributed by atoms with Crippen LogP contribution in [0.4, 0.5) is 13.2 Å². The Bertz CT molecular complexity index is 561. The van der Waals surface area contributed by atoms with E-state index in [2.05, 4.69) is 15.9 Å². The molecule has 0 aliphatic carbocycles. The standard InChI is InChI=1S/C15H13BrF3N/c16-13-7-3-11(4-8-13)14(20)9-10-1-5-12(6-2-10)15(17,18)19/h1-8,14H,9,20H2. The van der Waals surface area contributed by atoms with E-state index in [-0.39, 0.29) is 6.04 Å². The third kappa shape index (κ3) is 3.84. The third-order valence-corrected chi connectivity index (χ3v) is 3.56. The fourth-order valence-electron chi connectivity index (χ4n) is 1.91. The number of alkyl halides is 3. The lowest BCUT2D eigenvalue weighted by Gasteiger charge is -2.13. The van der Waals surface area contributed by atoms with E-state index >= 15 is 0 Å². The van der Waals surface area contributed by atoms with Crippen LogP contribution in [0, 0.1) is 0 Å². The van der Waals surface area contributed by atoms with Crippen LogP contribution in [0.2, 0.25) is 0 Å². The lowest BCUT2D eigenvalue weighted by molar-refractivity contribution is -0.137. The largest absolute Gasteiger partial charge is 0.416 e. The van der Waals surface area contributed by atoms with Crippen molar-refractivity contribution >= 4 is 15.9 Å². The normalized spacial score (nSPS) is 13.2. The summed E-state index contributed by atoms with van der Waals surface area (Å²) in [4.78, 5) is 0. The zero-order valence-corrected chi connectivity index (χ0v) is 12.1. The highest BCUT2D eigenvalue weighted by molar-refractivity contribution is 9.10. The first kappa shape index (κ1) is 15.1. The molecule has 0 radical (unpaired) electrons. The molecule has 20 heavy (non-hydrogen) atoms. The Kier molecular flexibility index (Phi) is 4.50. The fourth-order valence-corrected chi connectivity index (χ4v) is 2.18. The molecule has 0 aliphatic heterocycles. The van der Waals surface area contributed by atoms with Gasteiger partial charge in [-0.3, -0.25) is 0 Å². The Morgan fingerprint density at radius 2 is 1.50 bits per heavy atom. The van der Waals surface area contributed by atoms with Crippen molar-refractivity contribution < 1.29 is 13.2 Å². The Labute approximate surface area is 123 Å². The van der Waals surface area contributed by atoms with Crippen LogP contribution < -0.4 is 5.73 Å². The highest BCUT2D eigenvalue weighted by atomic mass is 79.9. The average molecular weight is 344 g/mol. The van der Waals surface area contributed by atoms with E-state index in [4.69, 9.17) is 5.73 Å². The van der Waals surface area contributed by atoms with Crippen LogP contribution in [0.25, 0.3) is 0 Å². The number of hydrogen-bond acceptors (Lipinski definition) is 1. The van der Waals surface area contributed by atoms with Gasteiger partial charge in [0.05, 0.1) is 5.56 Å². The second-order valence-electron chi connectivity index (χ2n) is 4.56. The predicted octanol–water partition coefficient (Wildman–Crippen LogP) is 4.71. The molecule has 0 amide bonds. The predicted molar refractivity (Wildman–Crippen MR) is 76.2 cm³/mol. The number of benzene rings is 2. The monoisotopic (exact) mass is 343 g/mol. The summed E-state index contributed by atoms with van der Waals surface area (Å²) in [6.45, 7) is 0. The third-order valence-electron chi connectivity index (χ3n) is 3.04. The van der Waals surface area contributed by atoms with E-state index < -0.39 is 11.7 Å². The number of halogens is 4. The molecule has 0 bridgehead atoms. The van der Waals surface area contributed by atoms with Crippen molar-refractivity contribution in [3.05, 3.63) is 69.7 Å². The minimum atomic E-state index is -4.30. The van der Waals surface area contributed by atoms with Gasteiger partial charge in [0.15, 0.2) is 0 Å². The summed E-state index contributed by atoms with van der Waals surface area (Å²) in [7, 11) is 0. The molecule has 106 valence electrons. The summed E-state index contributed by atoms with van der Waals surface area (Å²) in [6.07, 6.45) is -3.80. The van der Waals surface area contributed by atoms with Crippen molar-refractivity contribution in [2.24, 2.45) is 5.73 Å². The molecule has 0 heterocycles. The van der Waals surface area contributed by atoms with Crippen molar-refractivity contribution in [3.63, 3.8) is 0 Å². The van der Waals surface area contributed by atoms with Gasteiger partial charge in [0, 0.05) is 10.5 Å². The zero-order chi connectivity index (χ0) is 14.8. The highest BCUT2D eigenvalue weighted by Crippen LogP contribution is 2.29. The van der Waals surface area contributed by atoms with Gasteiger partial charge in [0.25, 0.3) is 0 Å². The maximum Gasteiger partial charge on any atom is 0.416 e. The van der Waals surface area contributed by atoms with E-state index in [0.717, 1.165) is 27.7 Å². The molecule has 0 aromatic heterocycles. The molecule has 0 saturated heterocycles. The van der Waals surface area contributed by atoms with Crippen LogP contribution in [0.1, 0.15) is 22.7 Å². The summed E-state index contributed by atoms with van der Waals surface area (Å²) in [5.74, 6) is 0. The van der Waals surface area contributed by atoms with Crippen molar-refractivity contribution in [2.45, 2.75) is 18.6 Å². The van der Waals surface area contributed by atoms with E-state index in [0.29, 0.717) is 6.42 Å². The minimum absolute atomic E-state index is 0.236. The Morgan fingerprint density at radius 3 is 2.00 bits per heavy atom. The quantitative estimate of drug-likeness (QED) is 0.857. The van der Waals surface area contributed by atoms with Crippen molar-refractivity contribution in [3.8, 4) is 0 Å². The Balaban J connectivity index is 2.08. The summed E-state index contributed by atoms with van der Waals surface area (Å²) >= 11 is 3.34. The summed E-state index contributed by atoms with van der Waals surface area (Å²) in [5, 5.41) is 0. The topological polar surface area (TPSA) is 26.0 Å². The van der Waals surface area contributed by atoms with Gasteiger partial charge in [0.1, 0.15) is 0 Å². The number of nitrogens with two attached hydrogens (primary N) is 1.